The number of aromatic nitrogens is 1. The van der Waals surface area contributed by atoms with E-state index in [1.54, 1.807) is 61.8 Å². The molecule has 4 rings (SSSR count). The minimum atomic E-state index is -1.18. The predicted octanol–water partition coefficient (Wildman–Crippen LogP) is 5.46. The van der Waals surface area contributed by atoms with Gasteiger partial charge in [-0.25, -0.2) is 4.79 Å². The molecular formula is C45H57N7O8. The quantitative estimate of drug-likeness (QED) is 0.0535. The van der Waals surface area contributed by atoms with E-state index in [-0.39, 0.29) is 37.4 Å². The van der Waals surface area contributed by atoms with Gasteiger partial charge in [0.1, 0.15) is 12.1 Å². The molecule has 0 radical (unpaired) electrons. The summed E-state index contributed by atoms with van der Waals surface area (Å²) in [4.78, 5) is 94.7. The smallest absolute Gasteiger partial charge is 0.323 e. The molecule has 6 amide bonds. The lowest BCUT2D eigenvalue weighted by atomic mass is 9.78. The van der Waals surface area contributed by atoms with E-state index in [0.29, 0.717) is 49.2 Å². The molecule has 0 aliphatic heterocycles. The third kappa shape index (κ3) is 15.4. The highest BCUT2D eigenvalue weighted by Gasteiger charge is 2.40. The maximum absolute atomic E-state index is 14.0. The number of ketones is 1. The third-order valence-corrected chi connectivity index (χ3v) is 10.5. The van der Waals surface area contributed by atoms with Crippen LogP contribution in [0.25, 0.3) is 6.08 Å². The largest absolute Gasteiger partial charge is 0.481 e. The molecule has 0 saturated heterocycles. The molecule has 1 aliphatic carbocycles. The summed E-state index contributed by atoms with van der Waals surface area (Å²) in [5.41, 5.74) is 2.39. The van der Waals surface area contributed by atoms with Gasteiger partial charge in [0.2, 0.25) is 23.6 Å². The number of carbonyl (C=O) groups excluding carboxylic acids is 6. The number of hydrogen-bond acceptors (Lipinski definition) is 8. The summed E-state index contributed by atoms with van der Waals surface area (Å²) in [7, 11) is 0. The molecule has 1 fully saturated rings. The zero-order valence-corrected chi connectivity index (χ0v) is 34.6. The van der Waals surface area contributed by atoms with Gasteiger partial charge < -0.3 is 37.0 Å². The molecule has 3 aromatic rings. The molecule has 1 saturated carbocycles. The van der Waals surface area contributed by atoms with Crippen molar-refractivity contribution in [2.75, 3.05) is 17.2 Å². The van der Waals surface area contributed by atoms with Crippen LogP contribution in [0.1, 0.15) is 94.7 Å². The lowest BCUT2D eigenvalue weighted by Gasteiger charge is -2.37. The van der Waals surface area contributed by atoms with Crippen LogP contribution in [0.4, 0.5) is 16.2 Å². The first-order valence-corrected chi connectivity index (χ1v) is 20.5. The summed E-state index contributed by atoms with van der Waals surface area (Å²) >= 11 is 0. The highest BCUT2D eigenvalue weighted by Crippen LogP contribution is 2.29. The van der Waals surface area contributed by atoms with Crippen LogP contribution in [0.15, 0.2) is 79.1 Å². The lowest BCUT2D eigenvalue weighted by Crippen LogP contribution is -2.61. The summed E-state index contributed by atoms with van der Waals surface area (Å²) in [5.74, 6) is -3.76. The zero-order chi connectivity index (χ0) is 43.5. The van der Waals surface area contributed by atoms with E-state index in [1.165, 1.54) is 13.0 Å². The maximum Gasteiger partial charge on any atom is 0.323 e. The van der Waals surface area contributed by atoms with E-state index < -0.39 is 53.3 Å². The van der Waals surface area contributed by atoms with Crippen LogP contribution in [0.5, 0.6) is 0 Å². The average molecular weight is 824 g/mol. The Kier molecular flexibility index (Phi) is 18.0. The minimum Gasteiger partial charge on any atom is -0.481 e. The number of para-hydroxylation sites is 1. The van der Waals surface area contributed by atoms with Gasteiger partial charge in [-0.05, 0) is 105 Å². The van der Waals surface area contributed by atoms with Crippen molar-refractivity contribution in [3.05, 3.63) is 95.8 Å². The van der Waals surface area contributed by atoms with E-state index in [9.17, 15) is 38.7 Å². The number of aryl methyl sites for hydroxylation is 1. The fourth-order valence-corrected chi connectivity index (χ4v) is 7.12. The number of carboxylic acid groups (broad SMARTS) is 1. The number of hydrogen-bond donors (Lipinski definition) is 7. The molecule has 0 bridgehead atoms. The predicted molar refractivity (Wildman–Crippen MR) is 229 cm³/mol. The van der Waals surface area contributed by atoms with Crippen molar-refractivity contribution in [1.29, 1.82) is 0 Å². The minimum absolute atomic E-state index is 0.0134. The van der Waals surface area contributed by atoms with Crippen LogP contribution in [0.3, 0.4) is 0 Å². The van der Waals surface area contributed by atoms with Crippen molar-refractivity contribution < 1.29 is 38.7 Å². The molecular weight excluding hydrogens is 767 g/mol. The second kappa shape index (κ2) is 23.3. The first-order chi connectivity index (χ1) is 28.7. The van der Waals surface area contributed by atoms with Gasteiger partial charge >= 0.3 is 12.0 Å². The van der Waals surface area contributed by atoms with Crippen molar-refractivity contribution in [1.82, 2.24) is 26.3 Å². The van der Waals surface area contributed by atoms with Gasteiger partial charge in [0.05, 0.1) is 12.0 Å². The Hall–Kier alpha value is -6.38. The molecule has 320 valence electrons. The van der Waals surface area contributed by atoms with Crippen LogP contribution in [-0.4, -0.2) is 75.7 Å². The number of carbonyl (C=O) groups is 7. The molecule has 1 heterocycles. The Morgan fingerprint density at radius 2 is 1.58 bits per heavy atom. The number of nitrogens with one attached hydrogen (secondary N) is 6. The second-order valence-corrected chi connectivity index (χ2v) is 15.5. The number of Topliss-reactive ketones (excluding diaryl/α,β-unsaturated/α-hetero) is 1. The van der Waals surface area contributed by atoms with E-state index in [0.717, 1.165) is 30.4 Å². The number of pyridine rings is 1. The lowest BCUT2D eigenvalue weighted by molar-refractivity contribution is -0.139. The van der Waals surface area contributed by atoms with Crippen LogP contribution >= 0.6 is 0 Å². The van der Waals surface area contributed by atoms with Gasteiger partial charge in [-0.2, -0.15) is 0 Å². The van der Waals surface area contributed by atoms with Crippen LogP contribution in [0.2, 0.25) is 0 Å². The van der Waals surface area contributed by atoms with E-state index >= 15 is 0 Å². The normalized spacial score (nSPS) is 14.8. The third-order valence-electron chi connectivity index (χ3n) is 10.5. The van der Waals surface area contributed by atoms with Gasteiger partial charge in [-0.15, -0.1) is 0 Å². The Morgan fingerprint density at radius 3 is 2.25 bits per heavy atom. The number of anilines is 2. The summed E-state index contributed by atoms with van der Waals surface area (Å²) in [5, 5.41) is 26.3. The van der Waals surface area contributed by atoms with Crippen LogP contribution in [0, 0.1) is 12.8 Å². The van der Waals surface area contributed by atoms with Crippen molar-refractivity contribution in [2.45, 2.75) is 109 Å². The Bertz CT molecular complexity index is 1980. The van der Waals surface area contributed by atoms with Crippen LogP contribution < -0.4 is 31.9 Å². The Balaban J connectivity index is 1.43. The number of rotatable bonds is 21. The monoisotopic (exact) mass is 823 g/mol. The molecule has 1 aliphatic rings. The topological polar surface area (TPSA) is 225 Å². The number of aliphatic carboxylic acids is 1. The van der Waals surface area contributed by atoms with Gasteiger partial charge in [-0.1, -0.05) is 62.6 Å². The number of unbranched alkanes of at least 4 members (excludes halogenated alkanes) is 1. The van der Waals surface area contributed by atoms with Gasteiger partial charge in [-0.3, -0.25) is 33.8 Å². The highest BCUT2D eigenvalue weighted by atomic mass is 16.4. The summed E-state index contributed by atoms with van der Waals surface area (Å²) in [6, 6.07) is 14.9. The number of urea groups is 1. The van der Waals surface area contributed by atoms with Crippen LogP contribution in [-0.2, 0) is 35.2 Å². The van der Waals surface area contributed by atoms with Gasteiger partial charge in [0.25, 0.3) is 0 Å². The van der Waals surface area contributed by atoms with Crippen molar-refractivity contribution >= 4 is 58.9 Å². The van der Waals surface area contributed by atoms with Gasteiger partial charge in [0, 0.05) is 42.8 Å². The summed E-state index contributed by atoms with van der Waals surface area (Å²) < 4.78 is 0. The number of amides is 6. The molecule has 0 spiro atoms. The number of nitrogens with zero attached hydrogens (tertiary/aromatic N) is 1. The fraction of sp³-hybridized carbons (Fsp3) is 0.422. The second-order valence-electron chi connectivity index (χ2n) is 15.5. The van der Waals surface area contributed by atoms with E-state index in [1.807, 2.05) is 31.2 Å². The standard InChI is InChI=1S/C45H57N7O8/c1-30(27-41(56)57)26-38(43(59)52-45(32(3)53)22-8-4-9-23-45)50-42(58)37(15-7-10-25-47-39(54)21-18-34-13-11-24-46-29-34)49-40(55)28-33-16-19-35(20-17-33)48-44(60)51-36-14-6-5-12-31(36)2/h5-6,11-14,16-21,24,29-30,37-38H,4,7-10,15,22-23,25-28H2,1-3H3,(H,47,54)(H,49,55)(H,50,58)(H,52,59)(H,56,57)(H2,48,51,60)/b21-18+/t30?,37-,38-/m0/s1. The Labute approximate surface area is 351 Å². The average Bonchev–Trinajstić information content (AvgIpc) is 3.21. The molecule has 15 nitrogen and oxygen atoms in total. The molecule has 1 aromatic heterocycles. The molecule has 3 atom stereocenters. The number of benzene rings is 2. The first-order valence-electron chi connectivity index (χ1n) is 20.5. The van der Waals surface area contributed by atoms with Crippen molar-refractivity contribution in [2.24, 2.45) is 5.92 Å². The highest BCUT2D eigenvalue weighted by molar-refractivity contribution is 6.00. The first kappa shape index (κ1) is 46.3. The van der Waals surface area contributed by atoms with Crippen molar-refractivity contribution in [3.8, 4) is 0 Å². The van der Waals surface area contributed by atoms with Gasteiger partial charge in [0.15, 0.2) is 5.78 Å². The molecule has 7 N–H and O–H groups in total. The zero-order valence-electron chi connectivity index (χ0n) is 34.6. The van der Waals surface area contributed by atoms with E-state index in [4.69, 9.17) is 0 Å². The SMILES string of the molecule is CC(=O)C1(NC(=O)[C@H](CC(C)CC(=O)O)NC(=O)[C@H](CCCCNC(=O)/C=C/c2cccnc2)NC(=O)Cc2ccc(NC(=O)Nc3ccccc3C)cc2)CCCCC1. The molecule has 1 unspecified atom stereocenters. The molecule has 15 heteroatoms. The fourth-order valence-electron chi connectivity index (χ4n) is 7.12. The maximum atomic E-state index is 14.0. The van der Waals surface area contributed by atoms with Crippen molar-refractivity contribution in [3.63, 3.8) is 0 Å². The number of carboxylic acids is 1. The summed E-state index contributed by atoms with van der Waals surface area (Å²) in [6.45, 7) is 5.28. The Morgan fingerprint density at radius 1 is 0.850 bits per heavy atom. The molecule has 60 heavy (non-hydrogen) atoms. The molecule has 2 aromatic carbocycles. The summed E-state index contributed by atoms with van der Waals surface area (Å²) in [6.07, 6.45) is 10.4. The van der Waals surface area contributed by atoms with E-state index in [2.05, 4.69) is 36.9 Å².